The summed E-state index contributed by atoms with van der Waals surface area (Å²) in [5.41, 5.74) is 0.672. The van der Waals surface area contributed by atoms with Crippen LogP contribution >= 0.6 is 0 Å². The highest BCUT2D eigenvalue weighted by atomic mass is 14.9. The third kappa shape index (κ3) is 4.96. The van der Waals surface area contributed by atoms with Crippen molar-refractivity contribution in [2.45, 2.75) is 26.3 Å². The molecule has 1 nitrogen and oxygen atoms in total. The van der Waals surface area contributed by atoms with Gasteiger partial charge in [-0.25, -0.2) is 0 Å². The van der Waals surface area contributed by atoms with Crippen LogP contribution in [0.25, 0.3) is 0 Å². The number of terminal acetylenes is 1. The first-order chi connectivity index (χ1) is 3.95. The van der Waals surface area contributed by atoms with E-state index in [4.69, 9.17) is 6.42 Å². The van der Waals surface area contributed by atoms with Crippen LogP contribution in [-0.2, 0) is 0 Å². The predicted octanol–water partition coefficient (Wildman–Crippen LogP) is 1.52. The van der Waals surface area contributed by atoms with Crippen LogP contribution in [0.4, 0.5) is 0 Å². The molecule has 0 unspecified atom stereocenters. The molecule has 9 heavy (non-hydrogen) atoms. The maximum Gasteiger partial charge on any atom is 0.0781 e. The van der Waals surface area contributed by atoms with Crippen molar-refractivity contribution in [3.8, 4) is 12.3 Å². The van der Waals surface area contributed by atoms with Crippen molar-refractivity contribution in [1.29, 1.82) is 0 Å². The van der Waals surface area contributed by atoms with Gasteiger partial charge in [0, 0.05) is 5.54 Å². The Labute approximate surface area is 57.2 Å². The molecule has 0 aromatic heterocycles. The Hall–Kier alpha value is -0.900. The van der Waals surface area contributed by atoms with Crippen molar-refractivity contribution in [2.75, 3.05) is 0 Å². The van der Waals surface area contributed by atoms with Gasteiger partial charge in [0.1, 0.15) is 0 Å². The second-order valence-corrected chi connectivity index (χ2v) is 3.00. The smallest absolute Gasteiger partial charge is 0.0781 e. The molecule has 0 radical (unpaired) electrons. The zero-order chi connectivity index (χ0) is 7.49. The van der Waals surface area contributed by atoms with E-state index < -0.39 is 0 Å². The van der Waals surface area contributed by atoms with Crippen LogP contribution in [0.15, 0.2) is 12.3 Å². The number of rotatable bonds is 1. The fraction of sp³-hybridized carbons (Fsp3) is 0.500. The summed E-state index contributed by atoms with van der Waals surface area (Å²) in [6, 6.07) is 0. The number of nitrogens with one attached hydrogen (secondary N) is 1. The summed E-state index contributed by atoms with van der Waals surface area (Å²) in [6.45, 7) is 9.72. The molecular weight excluding hydrogens is 110 g/mol. The highest BCUT2D eigenvalue weighted by Gasteiger charge is 2.07. The predicted molar refractivity (Wildman–Crippen MR) is 40.9 cm³/mol. The minimum Gasteiger partial charge on any atom is -0.374 e. The van der Waals surface area contributed by atoms with E-state index in [0.717, 1.165) is 0 Å². The highest BCUT2D eigenvalue weighted by Crippen LogP contribution is 2.00. The van der Waals surface area contributed by atoms with E-state index in [-0.39, 0.29) is 5.54 Å². The van der Waals surface area contributed by atoms with Gasteiger partial charge in [-0.2, -0.15) is 0 Å². The van der Waals surface area contributed by atoms with E-state index in [9.17, 15) is 0 Å². The molecule has 0 aliphatic heterocycles. The average molecular weight is 123 g/mol. The number of allylic oxidation sites excluding steroid dienone is 1. The van der Waals surface area contributed by atoms with E-state index in [0.29, 0.717) is 5.70 Å². The zero-order valence-electron chi connectivity index (χ0n) is 6.28. The van der Waals surface area contributed by atoms with E-state index >= 15 is 0 Å². The SMILES string of the molecule is C#CC(=C)NC(C)(C)C. The van der Waals surface area contributed by atoms with Gasteiger partial charge in [-0.05, 0) is 20.8 Å². The molecule has 50 valence electrons. The van der Waals surface area contributed by atoms with Gasteiger partial charge in [0.05, 0.1) is 5.70 Å². The summed E-state index contributed by atoms with van der Waals surface area (Å²) in [5, 5.41) is 3.04. The van der Waals surface area contributed by atoms with Gasteiger partial charge in [-0.15, -0.1) is 6.42 Å². The van der Waals surface area contributed by atoms with E-state index in [1.54, 1.807) is 0 Å². The van der Waals surface area contributed by atoms with Gasteiger partial charge < -0.3 is 5.32 Å². The van der Waals surface area contributed by atoms with Crippen molar-refractivity contribution < 1.29 is 0 Å². The molecule has 1 heteroatoms. The van der Waals surface area contributed by atoms with Gasteiger partial charge >= 0.3 is 0 Å². The molecule has 0 atom stereocenters. The van der Waals surface area contributed by atoms with E-state index in [1.807, 2.05) is 20.8 Å². The van der Waals surface area contributed by atoms with Crippen LogP contribution < -0.4 is 5.32 Å². The molecular formula is C8H13N. The second-order valence-electron chi connectivity index (χ2n) is 3.00. The lowest BCUT2D eigenvalue weighted by atomic mass is 10.1. The summed E-state index contributed by atoms with van der Waals surface area (Å²) in [5.74, 6) is 2.42. The van der Waals surface area contributed by atoms with Gasteiger partial charge in [0.2, 0.25) is 0 Å². The molecule has 0 fully saturated rings. The summed E-state index contributed by atoms with van der Waals surface area (Å²) < 4.78 is 0. The minimum absolute atomic E-state index is 0.0312. The van der Waals surface area contributed by atoms with Gasteiger partial charge in [-0.1, -0.05) is 12.5 Å². The second kappa shape index (κ2) is 2.59. The molecule has 0 spiro atoms. The Morgan fingerprint density at radius 1 is 1.56 bits per heavy atom. The quantitative estimate of drug-likeness (QED) is 0.521. The topological polar surface area (TPSA) is 12.0 Å². The Balaban J connectivity index is 3.78. The van der Waals surface area contributed by atoms with Crippen molar-refractivity contribution in [3.63, 3.8) is 0 Å². The average Bonchev–Trinajstić information content (AvgIpc) is 1.62. The molecule has 0 amide bonds. The fourth-order valence-corrected chi connectivity index (χ4v) is 0.489. The molecule has 0 saturated heterocycles. The largest absolute Gasteiger partial charge is 0.374 e. The number of hydrogen-bond donors (Lipinski definition) is 1. The first kappa shape index (κ1) is 8.10. The lowest BCUT2D eigenvalue weighted by Crippen LogP contribution is -2.34. The Bertz CT molecular complexity index is 143. The Morgan fingerprint density at radius 2 is 2.00 bits per heavy atom. The number of hydrogen-bond acceptors (Lipinski definition) is 1. The third-order valence-electron chi connectivity index (χ3n) is 0.700. The van der Waals surface area contributed by atoms with Crippen molar-refractivity contribution in [1.82, 2.24) is 5.32 Å². The molecule has 0 bridgehead atoms. The van der Waals surface area contributed by atoms with Crippen LogP contribution in [0.1, 0.15) is 20.8 Å². The van der Waals surface area contributed by atoms with E-state index in [1.165, 1.54) is 0 Å². The lowest BCUT2D eigenvalue weighted by Gasteiger charge is -2.20. The summed E-state index contributed by atoms with van der Waals surface area (Å²) >= 11 is 0. The van der Waals surface area contributed by atoms with Gasteiger partial charge in [0.15, 0.2) is 0 Å². The normalized spacial score (nSPS) is 10.0. The fourth-order valence-electron chi connectivity index (χ4n) is 0.489. The standard InChI is InChI=1S/C8H13N/c1-6-7(2)9-8(3,4)5/h1,9H,2H2,3-5H3. The zero-order valence-corrected chi connectivity index (χ0v) is 6.28. The van der Waals surface area contributed by atoms with Crippen LogP contribution in [0, 0.1) is 12.3 Å². The van der Waals surface area contributed by atoms with Crippen LogP contribution in [-0.4, -0.2) is 5.54 Å². The maximum atomic E-state index is 5.07. The Morgan fingerprint density at radius 3 is 2.11 bits per heavy atom. The molecule has 1 N–H and O–H groups in total. The maximum absolute atomic E-state index is 5.07. The van der Waals surface area contributed by atoms with Crippen LogP contribution in [0.5, 0.6) is 0 Å². The van der Waals surface area contributed by atoms with Crippen molar-refractivity contribution >= 4 is 0 Å². The molecule has 0 aliphatic rings. The molecule has 0 aromatic rings. The molecule has 0 aliphatic carbocycles. The summed E-state index contributed by atoms with van der Waals surface area (Å²) in [4.78, 5) is 0. The lowest BCUT2D eigenvalue weighted by molar-refractivity contribution is 0.482. The third-order valence-corrected chi connectivity index (χ3v) is 0.700. The molecule has 0 rings (SSSR count). The van der Waals surface area contributed by atoms with E-state index in [2.05, 4.69) is 17.8 Å². The van der Waals surface area contributed by atoms with Gasteiger partial charge in [0.25, 0.3) is 0 Å². The molecule has 0 saturated carbocycles. The highest BCUT2D eigenvalue weighted by molar-refractivity contribution is 5.20. The first-order valence-corrected chi connectivity index (χ1v) is 2.89. The summed E-state index contributed by atoms with van der Waals surface area (Å²) in [7, 11) is 0. The van der Waals surface area contributed by atoms with Crippen molar-refractivity contribution in [3.05, 3.63) is 12.3 Å². The molecule has 0 aromatic carbocycles. The van der Waals surface area contributed by atoms with Crippen LogP contribution in [0.3, 0.4) is 0 Å². The summed E-state index contributed by atoms with van der Waals surface area (Å²) in [6.07, 6.45) is 5.07. The first-order valence-electron chi connectivity index (χ1n) is 2.89. The van der Waals surface area contributed by atoms with Gasteiger partial charge in [-0.3, -0.25) is 0 Å². The Kier molecular flexibility index (Phi) is 2.33. The monoisotopic (exact) mass is 123 g/mol. The van der Waals surface area contributed by atoms with Crippen molar-refractivity contribution in [2.24, 2.45) is 0 Å². The van der Waals surface area contributed by atoms with Crippen LogP contribution in [0.2, 0.25) is 0 Å². The molecule has 0 heterocycles. The minimum atomic E-state index is 0.0312.